The zero-order valence-corrected chi connectivity index (χ0v) is 18.8. The summed E-state index contributed by atoms with van der Waals surface area (Å²) in [5.41, 5.74) is 8.87. The number of nitrogens with zero attached hydrogens (tertiary/aromatic N) is 5. The van der Waals surface area contributed by atoms with Gasteiger partial charge in [0.1, 0.15) is 11.4 Å². The van der Waals surface area contributed by atoms with Gasteiger partial charge in [-0.3, -0.25) is 14.4 Å². The molecule has 0 atom stereocenters. The van der Waals surface area contributed by atoms with Gasteiger partial charge in [0, 0.05) is 24.4 Å². The van der Waals surface area contributed by atoms with Gasteiger partial charge in [-0.25, -0.2) is 14.5 Å². The zero-order chi connectivity index (χ0) is 23.7. The SMILES string of the molecule is CCN(Cc1nc2ccccc2c(=O)[nH]1)C(=O)CCc1c(C)nc2c(C(N)=O)cnn2c1C. The van der Waals surface area contributed by atoms with Crippen LogP contribution in [0.5, 0.6) is 0 Å². The van der Waals surface area contributed by atoms with E-state index < -0.39 is 5.91 Å². The summed E-state index contributed by atoms with van der Waals surface area (Å²) >= 11 is 0. The second-order valence-corrected chi connectivity index (χ2v) is 7.86. The molecule has 0 aliphatic rings. The van der Waals surface area contributed by atoms with Crippen LogP contribution in [0.3, 0.4) is 0 Å². The Hall–Kier alpha value is -4.08. The van der Waals surface area contributed by atoms with E-state index in [-0.39, 0.29) is 30.0 Å². The molecule has 1 aromatic carbocycles. The summed E-state index contributed by atoms with van der Waals surface area (Å²) in [7, 11) is 0. The average molecular weight is 447 g/mol. The van der Waals surface area contributed by atoms with E-state index >= 15 is 0 Å². The van der Waals surface area contributed by atoms with E-state index in [1.54, 1.807) is 27.6 Å². The lowest BCUT2D eigenvalue weighted by Gasteiger charge is -2.21. The van der Waals surface area contributed by atoms with Crippen LogP contribution in [0.1, 0.15) is 46.5 Å². The molecule has 4 aromatic rings. The minimum absolute atomic E-state index is 0.0644. The highest BCUT2D eigenvalue weighted by molar-refractivity contribution is 5.98. The van der Waals surface area contributed by atoms with E-state index in [1.165, 1.54) is 6.20 Å². The predicted molar refractivity (Wildman–Crippen MR) is 123 cm³/mol. The normalized spacial score (nSPS) is 11.2. The van der Waals surface area contributed by atoms with E-state index in [4.69, 9.17) is 5.73 Å². The number of para-hydroxylation sites is 1. The molecule has 0 bridgehead atoms. The van der Waals surface area contributed by atoms with Gasteiger partial charge >= 0.3 is 0 Å². The smallest absolute Gasteiger partial charge is 0.258 e. The van der Waals surface area contributed by atoms with E-state index in [9.17, 15) is 14.4 Å². The molecule has 0 fully saturated rings. The first-order valence-electron chi connectivity index (χ1n) is 10.7. The third-order valence-corrected chi connectivity index (χ3v) is 5.80. The molecule has 0 spiro atoms. The standard InChI is InChI=1S/C23H25N7O3/c1-4-29(12-19-27-18-8-6-5-7-16(18)23(33)28-19)20(31)10-9-15-13(2)26-22-17(21(24)32)11-25-30(22)14(15)3/h5-8,11H,4,9-10,12H2,1-3H3,(H2,24,32)(H,27,28,33). The number of amides is 2. The van der Waals surface area contributed by atoms with E-state index in [1.807, 2.05) is 26.8 Å². The Balaban J connectivity index is 1.52. The maximum Gasteiger partial charge on any atom is 0.258 e. The molecule has 0 aliphatic heterocycles. The summed E-state index contributed by atoms with van der Waals surface area (Å²) in [5.74, 6) is -0.205. The second kappa shape index (κ2) is 8.81. The molecule has 0 aliphatic carbocycles. The van der Waals surface area contributed by atoms with Crippen molar-refractivity contribution in [3.63, 3.8) is 0 Å². The van der Waals surface area contributed by atoms with Crippen molar-refractivity contribution in [1.29, 1.82) is 0 Å². The number of aryl methyl sites for hydroxylation is 2. The molecule has 0 radical (unpaired) electrons. The molecule has 4 rings (SSSR count). The van der Waals surface area contributed by atoms with Gasteiger partial charge in [0.15, 0.2) is 5.65 Å². The van der Waals surface area contributed by atoms with Crippen LogP contribution in [0, 0.1) is 13.8 Å². The van der Waals surface area contributed by atoms with Crippen LogP contribution in [-0.4, -0.2) is 47.8 Å². The Bertz CT molecular complexity index is 1440. The Labute approximate surface area is 189 Å². The maximum absolute atomic E-state index is 13.0. The number of rotatable bonds is 7. The number of aromatic amines is 1. The molecule has 3 heterocycles. The van der Waals surface area contributed by atoms with Crippen LogP contribution >= 0.6 is 0 Å². The Morgan fingerprint density at radius 3 is 2.67 bits per heavy atom. The third kappa shape index (κ3) is 4.19. The quantitative estimate of drug-likeness (QED) is 0.442. The van der Waals surface area contributed by atoms with E-state index in [0.717, 1.165) is 17.0 Å². The molecule has 3 N–H and O–H groups in total. The van der Waals surface area contributed by atoms with Crippen LogP contribution in [0.4, 0.5) is 0 Å². The van der Waals surface area contributed by atoms with Crippen molar-refractivity contribution in [2.45, 2.75) is 40.2 Å². The maximum atomic E-state index is 13.0. The number of nitrogens with two attached hydrogens (primary N) is 1. The lowest BCUT2D eigenvalue weighted by Crippen LogP contribution is -2.32. The number of hydrogen-bond acceptors (Lipinski definition) is 6. The second-order valence-electron chi connectivity index (χ2n) is 7.86. The molecule has 0 unspecified atom stereocenters. The predicted octanol–water partition coefficient (Wildman–Crippen LogP) is 1.66. The number of fused-ring (bicyclic) bond motifs is 2. The van der Waals surface area contributed by atoms with Crippen LogP contribution < -0.4 is 11.3 Å². The number of carbonyl (C=O) groups is 2. The molecule has 2 amide bonds. The molecule has 170 valence electrons. The number of primary amides is 1. The van der Waals surface area contributed by atoms with E-state index in [2.05, 4.69) is 20.1 Å². The van der Waals surface area contributed by atoms with Crippen molar-refractivity contribution in [1.82, 2.24) is 29.5 Å². The topological polar surface area (TPSA) is 139 Å². The van der Waals surface area contributed by atoms with E-state index in [0.29, 0.717) is 35.3 Å². The Morgan fingerprint density at radius 2 is 1.94 bits per heavy atom. The van der Waals surface area contributed by atoms with Crippen LogP contribution in [0.2, 0.25) is 0 Å². The minimum Gasteiger partial charge on any atom is -0.365 e. The first kappa shape index (κ1) is 22.1. The molecule has 10 heteroatoms. The van der Waals surface area contributed by atoms with Gasteiger partial charge in [-0.15, -0.1) is 0 Å². The number of nitrogens with one attached hydrogen (secondary N) is 1. The van der Waals surface area contributed by atoms with Crippen molar-refractivity contribution in [3.05, 3.63) is 69.2 Å². The lowest BCUT2D eigenvalue weighted by atomic mass is 10.1. The highest BCUT2D eigenvalue weighted by Gasteiger charge is 2.19. The fraction of sp³-hybridized carbons (Fsp3) is 0.304. The lowest BCUT2D eigenvalue weighted by molar-refractivity contribution is -0.131. The number of aromatic nitrogens is 5. The summed E-state index contributed by atoms with van der Waals surface area (Å²) in [6, 6.07) is 7.10. The van der Waals surface area contributed by atoms with Crippen LogP contribution in [-0.2, 0) is 17.8 Å². The summed E-state index contributed by atoms with van der Waals surface area (Å²) in [4.78, 5) is 50.3. The van der Waals surface area contributed by atoms with Gasteiger partial charge in [0.05, 0.1) is 23.6 Å². The zero-order valence-electron chi connectivity index (χ0n) is 18.8. The summed E-state index contributed by atoms with van der Waals surface area (Å²) in [6.07, 6.45) is 2.12. The van der Waals surface area contributed by atoms with Crippen LogP contribution in [0.15, 0.2) is 35.3 Å². The third-order valence-electron chi connectivity index (χ3n) is 5.80. The van der Waals surface area contributed by atoms with Crippen molar-refractivity contribution in [2.75, 3.05) is 6.54 Å². The summed E-state index contributed by atoms with van der Waals surface area (Å²) in [6.45, 7) is 6.29. The molecule has 10 nitrogen and oxygen atoms in total. The van der Waals surface area contributed by atoms with Gasteiger partial charge in [-0.05, 0) is 44.9 Å². The van der Waals surface area contributed by atoms with Gasteiger partial charge in [-0.1, -0.05) is 12.1 Å². The number of carbonyl (C=O) groups excluding carboxylic acids is 2. The highest BCUT2D eigenvalue weighted by atomic mass is 16.2. The minimum atomic E-state index is -0.585. The van der Waals surface area contributed by atoms with Gasteiger partial charge in [-0.2, -0.15) is 5.10 Å². The molecule has 3 aromatic heterocycles. The van der Waals surface area contributed by atoms with Crippen molar-refractivity contribution in [2.24, 2.45) is 5.73 Å². The molecule has 33 heavy (non-hydrogen) atoms. The van der Waals surface area contributed by atoms with Gasteiger partial charge in [0.2, 0.25) is 5.91 Å². The first-order valence-corrected chi connectivity index (χ1v) is 10.7. The fourth-order valence-corrected chi connectivity index (χ4v) is 4.00. The average Bonchev–Trinajstić information content (AvgIpc) is 3.21. The Kier molecular flexibility index (Phi) is 5.91. The molecular weight excluding hydrogens is 422 g/mol. The summed E-state index contributed by atoms with van der Waals surface area (Å²) < 4.78 is 1.58. The Morgan fingerprint density at radius 1 is 1.18 bits per heavy atom. The number of H-pyrrole nitrogens is 1. The largest absolute Gasteiger partial charge is 0.365 e. The van der Waals surface area contributed by atoms with Crippen molar-refractivity contribution in [3.8, 4) is 0 Å². The molecular formula is C23H25N7O3. The molecule has 0 saturated carbocycles. The summed E-state index contributed by atoms with van der Waals surface area (Å²) in [5, 5.41) is 4.74. The van der Waals surface area contributed by atoms with Crippen LogP contribution in [0.25, 0.3) is 16.6 Å². The number of benzene rings is 1. The van der Waals surface area contributed by atoms with Crippen molar-refractivity contribution >= 4 is 28.4 Å². The van der Waals surface area contributed by atoms with Gasteiger partial charge in [0.25, 0.3) is 11.5 Å². The fourth-order valence-electron chi connectivity index (χ4n) is 4.00. The molecule has 0 saturated heterocycles. The van der Waals surface area contributed by atoms with Gasteiger partial charge < -0.3 is 15.6 Å². The first-order chi connectivity index (χ1) is 15.8. The van der Waals surface area contributed by atoms with Crippen molar-refractivity contribution < 1.29 is 9.59 Å². The highest BCUT2D eigenvalue weighted by Crippen LogP contribution is 2.19. The monoisotopic (exact) mass is 447 g/mol. The number of hydrogen-bond donors (Lipinski definition) is 2.